The van der Waals surface area contributed by atoms with Crippen LogP contribution < -0.4 is 5.32 Å². The molecule has 2 N–H and O–H groups in total. The van der Waals surface area contributed by atoms with Gasteiger partial charge in [0.15, 0.2) is 11.6 Å². The standard InChI is InChI=1S/C26H28F2N2O4/c1-15-20(25(33)34-17-9-3-4-10-17)21(18-11-7-12-19(27)23(18)28)22(24(31)32)26(2,30-15)14-16-8-5-6-13-29-16/h5-8,11-13,17,21-22,30H,3-4,9-10,14H2,1-2H3,(H,31,32). The van der Waals surface area contributed by atoms with E-state index in [1.165, 1.54) is 12.1 Å². The van der Waals surface area contributed by atoms with Crippen molar-refractivity contribution in [3.63, 3.8) is 0 Å². The zero-order chi connectivity index (χ0) is 24.5. The van der Waals surface area contributed by atoms with Crippen LogP contribution in [0.2, 0.25) is 0 Å². The second-order valence-electron chi connectivity index (χ2n) is 9.33. The number of carbonyl (C=O) groups is 2. The normalized spacial score (nSPS) is 25.2. The Hall–Kier alpha value is -3.29. The predicted octanol–water partition coefficient (Wildman–Crippen LogP) is 4.51. The molecular weight excluding hydrogens is 442 g/mol. The Balaban J connectivity index is 1.85. The Morgan fingerprint density at radius 1 is 1.18 bits per heavy atom. The number of rotatable bonds is 6. The van der Waals surface area contributed by atoms with Crippen molar-refractivity contribution < 1.29 is 28.2 Å². The Kier molecular flexibility index (Phi) is 6.68. The molecule has 34 heavy (non-hydrogen) atoms. The van der Waals surface area contributed by atoms with Gasteiger partial charge in [0.25, 0.3) is 0 Å². The number of carboxylic acids is 1. The summed E-state index contributed by atoms with van der Waals surface area (Å²) in [5, 5.41) is 13.6. The summed E-state index contributed by atoms with van der Waals surface area (Å²) in [7, 11) is 0. The van der Waals surface area contributed by atoms with Gasteiger partial charge in [0.2, 0.25) is 0 Å². The minimum atomic E-state index is -1.30. The fraction of sp³-hybridized carbons (Fsp3) is 0.423. The van der Waals surface area contributed by atoms with Gasteiger partial charge in [-0.25, -0.2) is 13.6 Å². The molecule has 1 aromatic carbocycles. The van der Waals surface area contributed by atoms with Crippen molar-refractivity contribution in [1.82, 2.24) is 10.3 Å². The maximum Gasteiger partial charge on any atom is 0.336 e. The number of hydrogen-bond acceptors (Lipinski definition) is 5. The van der Waals surface area contributed by atoms with Crippen LogP contribution in [-0.4, -0.2) is 33.7 Å². The summed E-state index contributed by atoms with van der Waals surface area (Å²) in [6.45, 7) is 3.34. The van der Waals surface area contributed by atoms with Crippen LogP contribution in [0.4, 0.5) is 8.78 Å². The molecule has 0 saturated heterocycles. The van der Waals surface area contributed by atoms with Gasteiger partial charge in [-0.15, -0.1) is 0 Å². The molecule has 0 spiro atoms. The number of allylic oxidation sites excluding steroid dienone is 1. The number of carboxylic acid groups (broad SMARTS) is 1. The number of esters is 1. The number of nitrogens with one attached hydrogen (secondary N) is 1. The van der Waals surface area contributed by atoms with E-state index >= 15 is 4.39 Å². The highest BCUT2D eigenvalue weighted by molar-refractivity contribution is 5.93. The maximum absolute atomic E-state index is 15.1. The van der Waals surface area contributed by atoms with E-state index in [-0.39, 0.29) is 23.7 Å². The van der Waals surface area contributed by atoms with Gasteiger partial charge in [-0.05, 0) is 63.3 Å². The zero-order valence-corrected chi connectivity index (χ0v) is 19.2. The van der Waals surface area contributed by atoms with Crippen LogP contribution in [-0.2, 0) is 20.7 Å². The summed E-state index contributed by atoms with van der Waals surface area (Å²) in [5.74, 6) is -6.76. The quantitative estimate of drug-likeness (QED) is 0.604. The van der Waals surface area contributed by atoms with Crippen molar-refractivity contribution >= 4 is 11.9 Å². The van der Waals surface area contributed by atoms with Crippen molar-refractivity contribution in [1.29, 1.82) is 0 Å². The Morgan fingerprint density at radius 2 is 1.91 bits per heavy atom. The average molecular weight is 471 g/mol. The number of hydrogen-bond donors (Lipinski definition) is 2. The van der Waals surface area contributed by atoms with Gasteiger partial charge in [-0.3, -0.25) is 9.78 Å². The number of nitrogens with zero attached hydrogens (tertiary/aromatic N) is 1. The molecule has 3 atom stereocenters. The number of benzene rings is 1. The molecule has 0 bridgehead atoms. The molecule has 180 valence electrons. The van der Waals surface area contributed by atoms with E-state index in [1.54, 1.807) is 38.2 Å². The molecule has 1 aliphatic carbocycles. The summed E-state index contributed by atoms with van der Waals surface area (Å²) < 4.78 is 35.1. The van der Waals surface area contributed by atoms with E-state index in [2.05, 4.69) is 10.3 Å². The fourth-order valence-electron chi connectivity index (χ4n) is 5.39. The predicted molar refractivity (Wildman–Crippen MR) is 121 cm³/mol. The molecule has 1 aromatic heterocycles. The molecule has 2 heterocycles. The van der Waals surface area contributed by atoms with Crippen LogP contribution >= 0.6 is 0 Å². The number of ether oxygens (including phenoxy) is 1. The van der Waals surface area contributed by atoms with Crippen LogP contribution in [0.3, 0.4) is 0 Å². The maximum atomic E-state index is 15.1. The third-order valence-electron chi connectivity index (χ3n) is 6.86. The highest BCUT2D eigenvalue weighted by atomic mass is 19.2. The first-order valence-corrected chi connectivity index (χ1v) is 11.5. The summed E-state index contributed by atoms with van der Waals surface area (Å²) in [6.07, 6.45) is 4.87. The van der Waals surface area contributed by atoms with E-state index in [9.17, 15) is 19.1 Å². The lowest BCUT2D eigenvalue weighted by atomic mass is 9.66. The van der Waals surface area contributed by atoms with Crippen LogP contribution in [0, 0.1) is 17.6 Å². The van der Waals surface area contributed by atoms with E-state index < -0.39 is 40.9 Å². The molecule has 0 amide bonds. The Labute approximate surface area is 197 Å². The van der Waals surface area contributed by atoms with Crippen molar-refractivity contribution in [3.05, 3.63) is 76.8 Å². The number of halogens is 2. The van der Waals surface area contributed by atoms with Gasteiger partial charge in [-0.2, -0.15) is 0 Å². The first kappa shape index (κ1) is 23.9. The van der Waals surface area contributed by atoms with Gasteiger partial charge >= 0.3 is 11.9 Å². The van der Waals surface area contributed by atoms with Crippen LogP contribution in [0.5, 0.6) is 0 Å². The van der Waals surface area contributed by atoms with E-state index in [0.717, 1.165) is 31.7 Å². The number of carbonyl (C=O) groups excluding carboxylic acids is 1. The topological polar surface area (TPSA) is 88.5 Å². The second-order valence-corrected chi connectivity index (χ2v) is 9.33. The minimum absolute atomic E-state index is 0.0160. The molecule has 3 unspecified atom stereocenters. The Morgan fingerprint density at radius 3 is 2.56 bits per heavy atom. The molecule has 1 fully saturated rings. The third-order valence-corrected chi connectivity index (χ3v) is 6.86. The van der Waals surface area contributed by atoms with Crippen LogP contribution in [0.25, 0.3) is 0 Å². The van der Waals surface area contributed by atoms with Gasteiger partial charge < -0.3 is 15.2 Å². The van der Waals surface area contributed by atoms with Crippen LogP contribution in [0.15, 0.2) is 53.9 Å². The number of aromatic nitrogens is 1. The molecule has 2 aromatic rings. The zero-order valence-electron chi connectivity index (χ0n) is 19.2. The van der Waals surface area contributed by atoms with E-state index in [4.69, 9.17) is 4.74 Å². The highest BCUT2D eigenvalue weighted by Crippen LogP contribution is 2.46. The van der Waals surface area contributed by atoms with E-state index in [0.29, 0.717) is 11.4 Å². The second kappa shape index (κ2) is 9.52. The average Bonchev–Trinajstić information content (AvgIpc) is 3.28. The van der Waals surface area contributed by atoms with Crippen molar-refractivity contribution in [2.45, 2.75) is 63.5 Å². The Bertz CT molecular complexity index is 1120. The summed E-state index contributed by atoms with van der Waals surface area (Å²) >= 11 is 0. The van der Waals surface area contributed by atoms with Gasteiger partial charge in [0, 0.05) is 29.9 Å². The highest BCUT2D eigenvalue weighted by Gasteiger charge is 2.52. The number of pyridine rings is 1. The molecule has 2 aliphatic rings. The van der Waals surface area contributed by atoms with Crippen LogP contribution in [0.1, 0.15) is 56.7 Å². The SMILES string of the molecule is CC1=C(C(=O)OC2CCCC2)C(c2cccc(F)c2F)C(C(=O)O)C(C)(Cc2ccccn2)N1. The smallest absolute Gasteiger partial charge is 0.336 e. The van der Waals surface area contributed by atoms with Gasteiger partial charge in [-0.1, -0.05) is 18.2 Å². The van der Waals surface area contributed by atoms with Gasteiger partial charge in [0.1, 0.15) is 6.10 Å². The summed E-state index contributed by atoms with van der Waals surface area (Å²) in [4.78, 5) is 30.4. The number of aliphatic carboxylic acids is 1. The van der Waals surface area contributed by atoms with Crippen molar-refractivity contribution in [2.75, 3.05) is 0 Å². The van der Waals surface area contributed by atoms with Crippen molar-refractivity contribution in [3.8, 4) is 0 Å². The molecule has 0 radical (unpaired) electrons. The molecule has 1 aliphatic heterocycles. The first-order chi connectivity index (χ1) is 16.2. The lowest BCUT2D eigenvalue weighted by Gasteiger charge is -2.46. The van der Waals surface area contributed by atoms with Crippen molar-refractivity contribution in [2.24, 2.45) is 5.92 Å². The lowest BCUT2D eigenvalue weighted by Crippen LogP contribution is -2.59. The monoisotopic (exact) mass is 470 g/mol. The summed E-state index contributed by atoms with van der Waals surface area (Å²) in [5.41, 5.74) is -0.300. The summed E-state index contributed by atoms with van der Waals surface area (Å²) in [6, 6.07) is 8.94. The lowest BCUT2D eigenvalue weighted by molar-refractivity contribution is -0.148. The third kappa shape index (κ3) is 4.54. The minimum Gasteiger partial charge on any atom is -0.481 e. The molecule has 1 saturated carbocycles. The molecule has 6 nitrogen and oxygen atoms in total. The van der Waals surface area contributed by atoms with E-state index in [1.807, 2.05) is 0 Å². The van der Waals surface area contributed by atoms with Gasteiger partial charge in [0.05, 0.1) is 17.0 Å². The molecular formula is C26H28F2N2O4. The fourth-order valence-corrected chi connectivity index (χ4v) is 5.39. The molecule has 8 heteroatoms. The first-order valence-electron chi connectivity index (χ1n) is 11.5. The largest absolute Gasteiger partial charge is 0.481 e. The molecule has 4 rings (SSSR count).